The molecule has 3 amide bonds. The van der Waals surface area contributed by atoms with Crippen molar-refractivity contribution in [1.29, 1.82) is 0 Å². The second-order valence-corrected chi connectivity index (χ2v) is 8.10. The zero-order valence-electron chi connectivity index (χ0n) is 18.0. The topological polar surface area (TPSA) is 70.2 Å². The second-order valence-electron chi connectivity index (χ2n) is 8.10. The Bertz CT molecular complexity index is 985. The third-order valence-electron chi connectivity index (χ3n) is 6.16. The zero-order valence-corrected chi connectivity index (χ0v) is 18.0. The molecule has 32 heavy (non-hydrogen) atoms. The van der Waals surface area contributed by atoms with Gasteiger partial charge in [-0.1, -0.05) is 12.1 Å². The van der Waals surface area contributed by atoms with Crippen LogP contribution in [-0.2, 0) is 16.1 Å². The molecule has 0 radical (unpaired) electrons. The summed E-state index contributed by atoms with van der Waals surface area (Å²) in [5, 5.41) is 0. The fraction of sp³-hybridized carbons (Fsp3) is 0.375. The van der Waals surface area contributed by atoms with Gasteiger partial charge >= 0.3 is 11.8 Å². The highest BCUT2D eigenvalue weighted by Crippen LogP contribution is 2.22. The van der Waals surface area contributed by atoms with Crippen LogP contribution in [0.15, 0.2) is 48.5 Å². The van der Waals surface area contributed by atoms with Gasteiger partial charge in [-0.2, -0.15) is 0 Å². The number of amides is 3. The molecule has 0 atom stereocenters. The molecule has 8 heteroatoms. The molecule has 2 fully saturated rings. The molecular formula is C24H26FN3O4. The fourth-order valence-electron chi connectivity index (χ4n) is 4.30. The number of halogens is 1. The van der Waals surface area contributed by atoms with Crippen molar-refractivity contribution in [1.82, 2.24) is 14.7 Å². The lowest BCUT2D eigenvalue weighted by atomic mass is 10.0. The molecule has 2 aromatic rings. The first-order chi connectivity index (χ1) is 15.5. The van der Waals surface area contributed by atoms with E-state index in [9.17, 15) is 18.8 Å². The summed E-state index contributed by atoms with van der Waals surface area (Å²) in [6.45, 7) is 2.25. The molecule has 2 heterocycles. The van der Waals surface area contributed by atoms with E-state index in [4.69, 9.17) is 4.74 Å². The molecule has 2 saturated heterocycles. The van der Waals surface area contributed by atoms with Gasteiger partial charge in [-0.25, -0.2) is 4.39 Å². The molecule has 2 aliphatic heterocycles. The van der Waals surface area contributed by atoms with Crippen molar-refractivity contribution >= 4 is 17.7 Å². The van der Waals surface area contributed by atoms with Crippen molar-refractivity contribution in [2.24, 2.45) is 0 Å². The van der Waals surface area contributed by atoms with Crippen LogP contribution in [0.5, 0.6) is 5.75 Å². The summed E-state index contributed by atoms with van der Waals surface area (Å²) < 4.78 is 18.2. The van der Waals surface area contributed by atoms with Crippen LogP contribution in [0.3, 0.4) is 0 Å². The molecule has 2 aliphatic rings. The third-order valence-corrected chi connectivity index (χ3v) is 6.16. The van der Waals surface area contributed by atoms with Crippen LogP contribution in [0.1, 0.15) is 28.8 Å². The minimum atomic E-state index is -0.530. The van der Waals surface area contributed by atoms with Gasteiger partial charge in [0.25, 0.3) is 5.91 Å². The van der Waals surface area contributed by atoms with E-state index in [1.807, 2.05) is 0 Å². The van der Waals surface area contributed by atoms with Crippen LogP contribution >= 0.6 is 0 Å². The van der Waals surface area contributed by atoms with E-state index in [1.54, 1.807) is 53.3 Å². The maximum Gasteiger partial charge on any atom is 0.312 e. The van der Waals surface area contributed by atoms with E-state index in [2.05, 4.69) is 0 Å². The minimum Gasteiger partial charge on any atom is -0.497 e. The van der Waals surface area contributed by atoms with Gasteiger partial charge in [-0.3, -0.25) is 14.4 Å². The van der Waals surface area contributed by atoms with Crippen LogP contribution in [-0.4, -0.2) is 71.8 Å². The summed E-state index contributed by atoms with van der Waals surface area (Å²) in [5.41, 5.74) is 1.39. The molecule has 0 bridgehead atoms. The molecule has 0 aromatic heterocycles. The van der Waals surface area contributed by atoms with Crippen molar-refractivity contribution in [3.05, 3.63) is 65.5 Å². The fourth-order valence-corrected chi connectivity index (χ4v) is 4.30. The zero-order chi connectivity index (χ0) is 22.7. The van der Waals surface area contributed by atoms with Gasteiger partial charge in [0.1, 0.15) is 11.6 Å². The van der Waals surface area contributed by atoms with Crippen molar-refractivity contribution in [3.8, 4) is 5.75 Å². The van der Waals surface area contributed by atoms with Gasteiger partial charge in [0.15, 0.2) is 0 Å². The smallest absolute Gasteiger partial charge is 0.312 e. The van der Waals surface area contributed by atoms with Crippen molar-refractivity contribution < 1.29 is 23.5 Å². The maximum absolute atomic E-state index is 13.1. The summed E-state index contributed by atoms with van der Waals surface area (Å²) in [6, 6.07) is 12.9. The molecule has 4 rings (SSSR count). The number of hydrogen-bond donors (Lipinski definition) is 0. The second kappa shape index (κ2) is 9.38. The lowest BCUT2D eigenvalue weighted by Crippen LogP contribution is -2.59. The summed E-state index contributed by atoms with van der Waals surface area (Å²) >= 11 is 0. The predicted molar refractivity (Wildman–Crippen MR) is 115 cm³/mol. The molecule has 7 nitrogen and oxygen atoms in total. The number of piperidine rings is 1. The van der Waals surface area contributed by atoms with E-state index in [1.165, 1.54) is 17.0 Å². The van der Waals surface area contributed by atoms with Crippen molar-refractivity contribution in [2.45, 2.75) is 25.4 Å². The first-order valence-corrected chi connectivity index (χ1v) is 10.7. The van der Waals surface area contributed by atoms with Crippen molar-refractivity contribution in [2.75, 3.05) is 33.3 Å². The van der Waals surface area contributed by atoms with E-state index in [0.29, 0.717) is 50.3 Å². The Morgan fingerprint density at radius 2 is 1.59 bits per heavy atom. The molecule has 0 aliphatic carbocycles. The molecule has 0 saturated carbocycles. The van der Waals surface area contributed by atoms with Crippen molar-refractivity contribution in [3.63, 3.8) is 0 Å². The average molecular weight is 439 g/mol. The highest BCUT2D eigenvalue weighted by Gasteiger charge is 2.38. The van der Waals surface area contributed by atoms with Gasteiger partial charge in [0.2, 0.25) is 0 Å². The number of carbonyl (C=O) groups excluding carboxylic acids is 3. The Labute approximate surface area is 186 Å². The van der Waals surface area contributed by atoms with Gasteiger partial charge in [0, 0.05) is 44.3 Å². The van der Waals surface area contributed by atoms with Crippen LogP contribution in [0.2, 0.25) is 0 Å². The minimum absolute atomic E-state index is 0.0439. The number of piperazine rings is 1. The van der Waals surface area contributed by atoms with Gasteiger partial charge in [0.05, 0.1) is 7.11 Å². The Morgan fingerprint density at radius 1 is 0.938 bits per heavy atom. The number of likely N-dealkylation sites (tertiary alicyclic amines) is 1. The highest BCUT2D eigenvalue weighted by molar-refractivity contribution is 6.35. The Balaban J connectivity index is 1.31. The van der Waals surface area contributed by atoms with Crippen LogP contribution < -0.4 is 4.74 Å². The van der Waals surface area contributed by atoms with Gasteiger partial charge in [-0.15, -0.1) is 0 Å². The Hall–Kier alpha value is -3.42. The number of hydrogen-bond acceptors (Lipinski definition) is 4. The Kier molecular flexibility index (Phi) is 6.39. The lowest BCUT2D eigenvalue weighted by Gasteiger charge is -2.42. The summed E-state index contributed by atoms with van der Waals surface area (Å²) in [6.07, 6.45) is 1.28. The van der Waals surface area contributed by atoms with Crippen LogP contribution in [0.4, 0.5) is 4.39 Å². The Morgan fingerprint density at radius 3 is 2.22 bits per heavy atom. The number of carbonyl (C=O) groups is 3. The monoisotopic (exact) mass is 439 g/mol. The standard InChI is InChI=1S/C24H26FN3O4/c1-32-21-8-4-18(5-9-21)22(29)26-12-10-20(11-13-26)28-15-14-27(23(30)24(28)31)16-17-2-6-19(25)7-3-17/h2-9,20H,10-16H2,1H3. The van der Waals surface area contributed by atoms with E-state index in [0.717, 1.165) is 5.56 Å². The summed E-state index contributed by atoms with van der Waals surface area (Å²) in [7, 11) is 1.58. The van der Waals surface area contributed by atoms with E-state index < -0.39 is 11.8 Å². The van der Waals surface area contributed by atoms with Crippen LogP contribution in [0, 0.1) is 5.82 Å². The number of ether oxygens (including phenoxy) is 1. The number of nitrogens with zero attached hydrogens (tertiary/aromatic N) is 3. The van der Waals surface area contributed by atoms with E-state index in [-0.39, 0.29) is 24.3 Å². The SMILES string of the molecule is COc1ccc(C(=O)N2CCC(N3CCN(Cc4ccc(F)cc4)C(=O)C3=O)CC2)cc1. The number of rotatable bonds is 5. The van der Waals surface area contributed by atoms with E-state index >= 15 is 0 Å². The number of methoxy groups -OCH3 is 1. The molecule has 0 N–H and O–H groups in total. The number of benzene rings is 2. The largest absolute Gasteiger partial charge is 0.497 e. The average Bonchev–Trinajstić information content (AvgIpc) is 2.83. The van der Waals surface area contributed by atoms with Gasteiger partial charge < -0.3 is 19.4 Å². The maximum atomic E-state index is 13.1. The normalized spacial score (nSPS) is 17.6. The molecule has 168 valence electrons. The lowest BCUT2D eigenvalue weighted by molar-refractivity contribution is -0.158. The molecule has 2 aromatic carbocycles. The predicted octanol–water partition coefficient (Wildman–Crippen LogP) is 2.31. The molecule has 0 spiro atoms. The molecule has 0 unspecified atom stereocenters. The summed E-state index contributed by atoms with van der Waals surface area (Å²) in [4.78, 5) is 43.1. The quantitative estimate of drug-likeness (QED) is 0.671. The summed E-state index contributed by atoms with van der Waals surface area (Å²) in [5.74, 6) is -0.715. The first kappa shape index (κ1) is 21.8. The van der Waals surface area contributed by atoms with Crippen LogP contribution in [0.25, 0.3) is 0 Å². The van der Waals surface area contributed by atoms with Gasteiger partial charge in [-0.05, 0) is 54.8 Å². The molecular weight excluding hydrogens is 413 g/mol. The highest BCUT2D eigenvalue weighted by atomic mass is 19.1. The first-order valence-electron chi connectivity index (χ1n) is 10.7. The third kappa shape index (κ3) is 4.59.